The number of nitrogens with one attached hydrogen (secondary N) is 3. The first-order valence-electron chi connectivity index (χ1n) is 8.60. The fourth-order valence-corrected chi connectivity index (χ4v) is 2.52. The van der Waals surface area contributed by atoms with Gasteiger partial charge in [-0.2, -0.15) is 4.98 Å². The molecule has 0 spiro atoms. The second-order valence-corrected chi connectivity index (χ2v) is 6.86. The van der Waals surface area contributed by atoms with E-state index < -0.39 is 5.54 Å². The van der Waals surface area contributed by atoms with Crippen LogP contribution in [0.15, 0.2) is 36.7 Å². The molecular formula is C19H24N6O2. The Morgan fingerprint density at radius 3 is 2.70 bits per heavy atom. The number of anilines is 3. The van der Waals surface area contributed by atoms with E-state index in [0.29, 0.717) is 17.5 Å². The SMILES string of the molecule is COc1cc(Nc2nccc(NC(C)(C)CO)n2)ccc1-c1nc(C)c[nH]1. The first-order chi connectivity index (χ1) is 12.9. The van der Waals surface area contributed by atoms with Crippen LogP contribution in [0, 0.1) is 6.92 Å². The Morgan fingerprint density at radius 2 is 2.04 bits per heavy atom. The van der Waals surface area contributed by atoms with Gasteiger partial charge in [0.25, 0.3) is 0 Å². The molecule has 0 aliphatic carbocycles. The van der Waals surface area contributed by atoms with Crippen molar-refractivity contribution in [3.8, 4) is 17.1 Å². The predicted octanol–water partition coefficient (Wildman–Crippen LogP) is 3.11. The van der Waals surface area contributed by atoms with Crippen molar-refractivity contribution in [3.05, 3.63) is 42.4 Å². The zero-order chi connectivity index (χ0) is 19.4. The lowest BCUT2D eigenvalue weighted by molar-refractivity contribution is 0.234. The number of imidazole rings is 1. The van der Waals surface area contributed by atoms with Crippen molar-refractivity contribution in [2.45, 2.75) is 26.3 Å². The summed E-state index contributed by atoms with van der Waals surface area (Å²) in [4.78, 5) is 16.3. The van der Waals surface area contributed by atoms with E-state index in [1.807, 2.05) is 45.2 Å². The van der Waals surface area contributed by atoms with E-state index in [-0.39, 0.29) is 6.61 Å². The molecule has 0 amide bonds. The predicted molar refractivity (Wildman–Crippen MR) is 105 cm³/mol. The number of aromatic nitrogens is 4. The van der Waals surface area contributed by atoms with Gasteiger partial charge < -0.3 is 25.5 Å². The van der Waals surface area contributed by atoms with Crippen LogP contribution in [0.5, 0.6) is 5.75 Å². The van der Waals surface area contributed by atoms with Gasteiger partial charge in [0.1, 0.15) is 17.4 Å². The molecule has 8 heteroatoms. The Kier molecular flexibility index (Phi) is 5.27. The van der Waals surface area contributed by atoms with Crippen LogP contribution in [-0.2, 0) is 0 Å². The van der Waals surface area contributed by atoms with Crippen LogP contribution in [0.1, 0.15) is 19.5 Å². The number of aromatic amines is 1. The van der Waals surface area contributed by atoms with E-state index in [1.165, 1.54) is 0 Å². The molecule has 0 saturated carbocycles. The molecule has 0 unspecified atom stereocenters. The average molecular weight is 368 g/mol. The van der Waals surface area contributed by atoms with E-state index >= 15 is 0 Å². The lowest BCUT2D eigenvalue weighted by atomic mass is 10.1. The van der Waals surface area contributed by atoms with Crippen LogP contribution in [-0.4, -0.2) is 44.3 Å². The number of aliphatic hydroxyl groups is 1. The van der Waals surface area contributed by atoms with Crippen molar-refractivity contribution in [2.75, 3.05) is 24.4 Å². The number of ether oxygens (including phenoxy) is 1. The smallest absolute Gasteiger partial charge is 0.229 e. The summed E-state index contributed by atoms with van der Waals surface area (Å²) in [5.41, 5.74) is 2.10. The normalized spacial score (nSPS) is 11.3. The number of hydrogen-bond donors (Lipinski definition) is 4. The van der Waals surface area contributed by atoms with Gasteiger partial charge in [-0.15, -0.1) is 0 Å². The number of methoxy groups -OCH3 is 1. The molecular weight excluding hydrogens is 344 g/mol. The first kappa shape index (κ1) is 18.7. The largest absolute Gasteiger partial charge is 0.496 e. The third-order valence-electron chi connectivity index (χ3n) is 3.94. The Bertz CT molecular complexity index is 922. The Labute approximate surface area is 158 Å². The molecule has 142 valence electrons. The summed E-state index contributed by atoms with van der Waals surface area (Å²) in [7, 11) is 1.62. The Morgan fingerprint density at radius 1 is 1.22 bits per heavy atom. The standard InChI is InChI=1S/C19H24N6O2/c1-12-10-21-17(22-12)14-6-5-13(9-15(14)27-4)23-18-20-8-7-16(24-18)25-19(2,3)11-26/h5-10,26H,11H2,1-4H3,(H,21,22)(H2,20,23,24,25). The highest BCUT2D eigenvalue weighted by atomic mass is 16.5. The molecule has 2 heterocycles. The summed E-state index contributed by atoms with van der Waals surface area (Å²) in [5.74, 6) is 2.51. The van der Waals surface area contributed by atoms with E-state index in [9.17, 15) is 5.11 Å². The zero-order valence-corrected chi connectivity index (χ0v) is 15.9. The highest BCUT2D eigenvalue weighted by Gasteiger charge is 2.16. The average Bonchev–Trinajstić information content (AvgIpc) is 3.07. The number of H-pyrrole nitrogens is 1. The maximum atomic E-state index is 9.40. The minimum Gasteiger partial charge on any atom is -0.496 e. The van der Waals surface area contributed by atoms with Crippen LogP contribution >= 0.6 is 0 Å². The van der Waals surface area contributed by atoms with Crippen LogP contribution in [0.3, 0.4) is 0 Å². The number of rotatable bonds is 7. The molecule has 1 aromatic carbocycles. The van der Waals surface area contributed by atoms with Crippen molar-refractivity contribution in [1.82, 2.24) is 19.9 Å². The van der Waals surface area contributed by atoms with Gasteiger partial charge in [-0.05, 0) is 39.0 Å². The number of benzene rings is 1. The summed E-state index contributed by atoms with van der Waals surface area (Å²) in [6.07, 6.45) is 3.50. The van der Waals surface area contributed by atoms with Gasteiger partial charge in [-0.25, -0.2) is 9.97 Å². The summed E-state index contributed by atoms with van der Waals surface area (Å²) < 4.78 is 5.51. The van der Waals surface area contributed by atoms with Gasteiger partial charge in [-0.1, -0.05) is 0 Å². The van der Waals surface area contributed by atoms with E-state index in [1.54, 1.807) is 19.4 Å². The monoisotopic (exact) mass is 368 g/mol. The summed E-state index contributed by atoms with van der Waals surface area (Å²) in [5, 5.41) is 15.7. The number of nitrogens with zero attached hydrogens (tertiary/aromatic N) is 3. The molecule has 0 saturated heterocycles. The minimum absolute atomic E-state index is 0.00925. The van der Waals surface area contributed by atoms with Gasteiger partial charge in [0.05, 0.1) is 30.5 Å². The maximum absolute atomic E-state index is 9.40. The molecule has 0 aliphatic heterocycles. The van der Waals surface area contributed by atoms with Crippen molar-refractivity contribution in [1.29, 1.82) is 0 Å². The maximum Gasteiger partial charge on any atom is 0.229 e. The molecule has 3 rings (SSSR count). The van der Waals surface area contributed by atoms with E-state index in [4.69, 9.17) is 4.74 Å². The topological polar surface area (TPSA) is 108 Å². The highest BCUT2D eigenvalue weighted by molar-refractivity contribution is 5.70. The second kappa shape index (κ2) is 7.63. The molecule has 0 aliphatic rings. The van der Waals surface area contributed by atoms with E-state index in [0.717, 1.165) is 22.8 Å². The molecule has 8 nitrogen and oxygen atoms in total. The third-order valence-corrected chi connectivity index (χ3v) is 3.94. The molecule has 0 fully saturated rings. The fourth-order valence-electron chi connectivity index (χ4n) is 2.52. The summed E-state index contributed by atoms with van der Waals surface area (Å²) >= 11 is 0. The molecule has 27 heavy (non-hydrogen) atoms. The van der Waals surface area contributed by atoms with Gasteiger partial charge >= 0.3 is 0 Å². The lowest BCUT2D eigenvalue weighted by Crippen LogP contribution is -2.35. The van der Waals surface area contributed by atoms with Gasteiger partial charge in [0.2, 0.25) is 5.95 Å². The Hall–Kier alpha value is -3.13. The summed E-state index contributed by atoms with van der Waals surface area (Å²) in [6.45, 7) is 5.70. The Balaban J connectivity index is 1.82. The van der Waals surface area contributed by atoms with Gasteiger partial charge in [0.15, 0.2) is 0 Å². The van der Waals surface area contributed by atoms with Gasteiger partial charge in [-0.3, -0.25) is 0 Å². The van der Waals surface area contributed by atoms with Crippen LogP contribution in [0.25, 0.3) is 11.4 Å². The van der Waals surface area contributed by atoms with Crippen LogP contribution < -0.4 is 15.4 Å². The molecule has 3 aromatic rings. The minimum atomic E-state index is -0.475. The number of aryl methyl sites for hydroxylation is 1. The third kappa shape index (κ3) is 4.53. The number of aliphatic hydroxyl groups excluding tert-OH is 1. The molecule has 2 aromatic heterocycles. The molecule has 0 bridgehead atoms. The molecule has 0 atom stereocenters. The molecule has 0 radical (unpaired) electrons. The zero-order valence-electron chi connectivity index (χ0n) is 15.9. The summed E-state index contributed by atoms with van der Waals surface area (Å²) in [6, 6.07) is 7.47. The van der Waals surface area contributed by atoms with Crippen LogP contribution in [0.2, 0.25) is 0 Å². The van der Waals surface area contributed by atoms with Crippen molar-refractivity contribution >= 4 is 17.5 Å². The van der Waals surface area contributed by atoms with Crippen molar-refractivity contribution in [2.24, 2.45) is 0 Å². The van der Waals surface area contributed by atoms with Crippen LogP contribution in [0.4, 0.5) is 17.5 Å². The van der Waals surface area contributed by atoms with E-state index in [2.05, 4.69) is 30.6 Å². The van der Waals surface area contributed by atoms with Crippen molar-refractivity contribution < 1.29 is 9.84 Å². The molecule has 4 N–H and O–H groups in total. The quantitative estimate of drug-likeness (QED) is 0.507. The lowest BCUT2D eigenvalue weighted by Gasteiger charge is -2.24. The highest BCUT2D eigenvalue weighted by Crippen LogP contribution is 2.31. The van der Waals surface area contributed by atoms with Crippen molar-refractivity contribution in [3.63, 3.8) is 0 Å². The second-order valence-electron chi connectivity index (χ2n) is 6.86. The fraction of sp³-hybridized carbons (Fsp3) is 0.316. The van der Waals surface area contributed by atoms with Gasteiger partial charge in [0, 0.05) is 24.1 Å². The number of hydrogen-bond acceptors (Lipinski definition) is 7. The first-order valence-corrected chi connectivity index (χ1v) is 8.60.